The minimum atomic E-state index is -3.01. The maximum atomic E-state index is 13.6. The molecule has 1 aromatic heterocycles. The van der Waals surface area contributed by atoms with Crippen molar-refractivity contribution in [2.45, 2.75) is 105 Å². The smallest absolute Gasteiger partial charge is 0.377 e. The minimum absolute atomic E-state index is 0. The van der Waals surface area contributed by atoms with Crippen molar-refractivity contribution in [1.29, 1.82) is 0 Å². The van der Waals surface area contributed by atoms with Gasteiger partial charge in [0.2, 0.25) is 5.91 Å². The molecule has 7 rings (SSSR count). The molecule has 1 amide bonds. The van der Waals surface area contributed by atoms with Crippen molar-refractivity contribution >= 4 is 115 Å². The molecule has 12 N–H and O–H groups in total. The third kappa shape index (κ3) is 17.7. The molecule has 3 atom stereocenters. The van der Waals surface area contributed by atoms with Gasteiger partial charge in [-0.3, -0.25) is 14.4 Å². The molecule has 0 spiro atoms. The zero-order valence-electron chi connectivity index (χ0n) is 33.9. The fourth-order valence-electron chi connectivity index (χ4n) is 6.99. The lowest BCUT2D eigenvalue weighted by atomic mass is 9.84. The Morgan fingerprint density at radius 1 is 0.672 bits per heavy atom. The fourth-order valence-corrected chi connectivity index (χ4v) is 8.09. The summed E-state index contributed by atoms with van der Waals surface area (Å²) in [5.41, 5.74) is 20.1. The number of hydrogen-bond donors (Lipinski definition) is 9. The van der Waals surface area contributed by atoms with E-state index in [1.54, 1.807) is 30.3 Å². The van der Waals surface area contributed by atoms with Crippen LogP contribution in [0.15, 0.2) is 68.0 Å². The summed E-state index contributed by atoms with van der Waals surface area (Å²) in [4.78, 5) is 33.5. The van der Waals surface area contributed by atoms with Crippen LogP contribution < -0.4 is 22.5 Å². The van der Waals surface area contributed by atoms with Gasteiger partial charge in [0.25, 0.3) is 17.8 Å². The molecule has 3 aliphatic rings. The molecular weight excluding hydrogens is 1090 g/mol. The maximum Gasteiger partial charge on any atom is 0.377 e. The van der Waals surface area contributed by atoms with Gasteiger partial charge in [0.15, 0.2) is 0 Å². The number of aromatic amines is 1. The molecule has 3 aromatic carbocycles. The van der Waals surface area contributed by atoms with Crippen LogP contribution >= 0.6 is 47.8 Å². The first-order valence-electron chi connectivity index (χ1n) is 19.1. The van der Waals surface area contributed by atoms with E-state index in [9.17, 15) is 46.0 Å². The number of anilines is 4. The lowest BCUT2D eigenvalue weighted by Gasteiger charge is -2.23. The van der Waals surface area contributed by atoms with Gasteiger partial charge in [0, 0.05) is 32.7 Å². The number of halogens is 9. The van der Waals surface area contributed by atoms with Crippen molar-refractivity contribution in [2.24, 2.45) is 0 Å². The largest absolute Gasteiger partial charge is 0.480 e. The van der Waals surface area contributed by atoms with E-state index in [0.717, 1.165) is 29.6 Å². The first-order chi connectivity index (χ1) is 29.1. The van der Waals surface area contributed by atoms with Gasteiger partial charge >= 0.3 is 27.1 Å². The van der Waals surface area contributed by atoms with Crippen molar-refractivity contribution in [1.82, 2.24) is 24.4 Å². The summed E-state index contributed by atoms with van der Waals surface area (Å²) >= 11 is 9.87. The number of nitrogens with zero attached hydrogens (tertiary/aromatic N) is 4. The number of nitrogens with one attached hydrogen (secondary N) is 2. The number of aromatic nitrogens is 2. The van der Waals surface area contributed by atoms with Crippen LogP contribution in [0, 0.1) is 0 Å². The number of nitrogen functional groups attached to an aromatic ring is 3. The van der Waals surface area contributed by atoms with E-state index in [4.69, 9.17) is 27.3 Å². The lowest BCUT2D eigenvalue weighted by molar-refractivity contribution is -0.141. The number of nitrogens with two attached hydrogens (primary N) is 3. The number of carbonyl (C=O) groups excluding carboxylic acids is 1. The molecule has 4 aromatic rings. The Balaban J connectivity index is 0.000000886. The molecule has 0 radical (unpaired) electrons. The van der Waals surface area contributed by atoms with E-state index in [2.05, 4.69) is 63.1 Å². The van der Waals surface area contributed by atoms with Crippen LogP contribution in [-0.4, -0.2) is 127 Å². The predicted molar refractivity (Wildman–Crippen MR) is 269 cm³/mol. The molecule has 0 unspecified atom stereocenters. The molecule has 15 nitrogen and oxygen atoms in total. The third-order valence-electron chi connectivity index (χ3n) is 10.0. The van der Waals surface area contributed by atoms with E-state index >= 15 is 0 Å². The van der Waals surface area contributed by atoms with Crippen LogP contribution in [0.4, 0.5) is 49.1 Å². The highest BCUT2D eigenvalue weighted by Crippen LogP contribution is 2.41. The number of carboxylic acids is 1. The second-order valence-electron chi connectivity index (χ2n) is 15.3. The van der Waals surface area contributed by atoms with Crippen molar-refractivity contribution < 1.29 is 56.1 Å². The summed E-state index contributed by atoms with van der Waals surface area (Å²) in [5, 5.41) is 39.4. The number of benzene rings is 3. The van der Waals surface area contributed by atoms with Crippen molar-refractivity contribution in [3.63, 3.8) is 0 Å². The molecule has 27 heteroatoms. The number of hydrogen-bond acceptors (Lipinski definition) is 12. The highest BCUT2D eigenvalue weighted by atomic mass is 79.9. The summed E-state index contributed by atoms with van der Waals surface area (Å²) in [6.45, 7) is 2.34. The van der Waals surface area contributed by atoms with Crippen LogP contribution in [0.5, 0.6) is 0 Å². The molecule has 0 saturated carbocycles. The highest BCUT2D eigenvalue weighted by Gasteiger charge is 2.52. The van der Waals surface area contributed by atoms with Gasteiger partial charge in [-0.25, -0.2) is 31.3 Å². The zero-order valence-corrected chi connectivity index (χ0v) is 38.7. The third-order valence-corrected chi connectivity index (χ3v) is 11.5. The number of imidazole rings is 1. The Kier molecular flexibility index (Phi) is 24.5. The standard InChI is InChI=1S/C12H15BBrF2N3O2.C12H13BBrF2N3O.C6H10BF2NO3.C6H7BrN2.4CH4/c1-13(21)19-6-12(15,16)5-10(19)11(20)18-9-4-7(14)2-3-8(9)17;1-13(20)19-6-12(15,16)5-10(19)11-17-8-3-2-7(14)4-9(8)18-11;1-7(13)10-3-6(8,9)2-4(10)5(11)12;7-4-1-2-5(8)6(9)3-4;;;;/h2-4,10,21H,5-6,17H2,1H3,(H,18,20);2-4,10,20H,5-6H2,1H3,(H,17,18);4,13H,2-3H2,1H3,(H,11,12);1-3H,8-9H2;4*1H4/t2*10-;4-;;;;;/m000...../s1. The van der Waals surface area contributed by atoms with Crippen LogP contribution in [-0.2, 0) is 9.59 Å². The van der Waals surface area contributed by atoms with Crippen molar-refractivity contribution in [3.8, 4) is 0 Å². The molecule has 0 aliphatic carbocycles. The van der Waals surface area contributed by atoms with E-state index in [1.807, 2.05) is 24.3 Å². The van der Waals surface area contributed by atoms with Crippen LogP contribution in [0.3, 0.4) is 0 Å². The van der Waals surface area contributed by atoms with Gasteiger partial charge in [-0.15, -0.1) is 0 Å². The number of rotatable bonds is 7. The Bertz CT molecular complexity index is 2240. The van der Waals surface area contributed by atoms with E-state index in [0.29, 0.717) is 33.0 Å². The Morgan fingerprint density at radius 3 is 1.58 bits per heavy atom. The second kappa shape index (κ2) is 25.9. The number of amides is 1. The number of alkyl halides is 6. The summed E-state index contributed by atoms with van der Waals surface area (Å²) < 4.78 is 82.2. The van der Waals surface area contributed by atoms with E-state index in [1.165, 1.54) is 25.3 Å². The summed E-state index contributed by atoms with van der Waals surface area (Å²) in [6, 6.07) is 12.8. The Morgan fingerprint density at radius 2 is 1.10 bits per heavy atom. The number of carboxylic acid groups (broad SMARTS) is 1. The van der Waals surface area contributed by atoms with E-state index < -0.39 is 101 Å². The van der Waals surface area contributed by atoms with Crippen LogP contribution in [0.1, 0.15) is 60.8 Å². The van der Waals surface area contributed by atoms with Gasteiger partial charge in [-0.2, -0.15) is 0 Å². The first kappa shape index (κ1) is 63.4. The molecule has 374 valence electrons. The quantitative estimate of drug-likeness (QED) is 0.0479. The number of aliphatic carboxylic acids is 1. The molecule has 67 heavy (non-hydrogen) atoms. The summed E-state index contributed by atoms with van der Waals surface area (Å²) in [6.07, 6.45) is -1.69. The first-order valence-corrected chi connectivity index (χ1v) is 21.5. The number of H-pyrrole nitrogens is 1. The fraction of sp³-hybridized carbons (Fsp3) is 0.475. The Hall–Kier alpha value is -3.56. The molecule has 3 saturated heterocycles. The molecule has 0 bridgehead atoms. The molecule has 3 fully saturated rings. The predicted octanol–water partition coefficient (Wildman–Crippen LogP) is 8.66. The van der Waals surface area contributed by atoms with Gasteiger partial charge in [0.05, 0.1) is 65.5 Å². The average Bonchev–Trinajstić information content (AvgIpc) is 3.92. The molecule has 4 heterocycles. The van der Waals surface area contributed by atoms with Crippen molar-refractivity contribution in [3.05, 3.63) is 73.8 Å². The molecular formula is C40H61B3Br3F6N9O6. The van der Waals surface area contributed by atoms with Crippen LogP contribution in [0.25, 0.3) is 11.0 Å². The molecule has 3 aliphatic heterocycles. The Labute approximate surface area is 414 Å². The summed E-state index contributed by atoms with van der Waals surface area (Å²) in [5.74, 6) is -10.3. The van der Waals surface area contributed by atoms with Crippen molar-refractivity contribution in [2.75, 3.05) is 42.2 Å². The number of fused-ring (bicyclic) bond motifs is 1. The lowest BCUT2D eigenvalue weighted by Crippen LogP contribution is -2.47. The van der Waals surface area contributed by atoms with Gasteiger partial charge in [-0.05, 0) is 75.1 Å². The highest BCUT2D eigenvalue weighted by molar-refractivity contribution is 9.11. The minimum Gasteiger partial charge on any atom is -0.480 e. The second-order valence-corrected chi connectivity index (χ2v) is 18.0. The summed E-state index contributed by atoms with van der Waals surface area (Å²) in [7, 11) is -3.23. The zero-order chi connectivity index (χ0) is 47.4. The average molecular weight is 1150 g/mol. The van der Waals surface area contributed by atoms with Crippen LogP contribution in [0.2, 0.25) is 20.5 Å². The van der Waals surface area contributed by atoms with Gasteiger partial charge in [0.1, 0.15) is 11.9 Å². The SMILES string of the molecule is C.C.C.C.CB(O)N1CC(F)(F)C[C@H]1C(=O)Nc1cc(Br)ccc1N.CB(O)N1CC(F)(F)C[C@H]1C(=O)O.CB(O)N1CC(F)(F)C[C@H]1c1nc2ccc(Br)cc2[nH]1.Nc1ccc(Br)cc1N. The van der Waals surface area contributed by atoms with E-state index in [-0.39, 0.29) is 36.1 Å². The maximum absolute atomic E-state index is 13.6. The topological polar surface area (TPSA) is 244 Å². The number of carbonyl (C=O) groups is 2. The monoisotopic (exact) mass is 1150 g/mol. The van der Waals surface area contributed by atoms with Gasteiger partial charge < -0.3 is 57.3 Å². The normalized spacial score (nSPS) is 20.0. The van der Waals surface area contributed by atoms with Gasteiger partial charge in [-0.1, -0.05) is 77.5 Å².